The van der Waals surface area contributed by atoms with Gasteiger partial charge in [-0.1, -0.05) is 13.8 Å². The number of hydrogen-bond donors (Lipinski definition) is 2. The lowest BCUT2D eigenvalue weighted by Crippen LogP contribution is -2.39. The summed E-state index contributed by atoms with van der Waals surface area (Å²) in [6, 6.07) is 0. The number of rotatable bonds is 13. The van der Waals surface area contributed by atoms with Crippen LogP contribution in [0, 0.1) is 5.92 Å². The van der Waals surface area contributed by atoms with E-state index in [-0.39, 0.29) is 24.0 Å². The monoisotopic (exact) mass is 484 g/mol. The van der Waals surface area contributed by atoms with Crippen LogP contribution in [0.2, 0.25) is 0 Å². The first-order valence-corrected chi connectivity index (χ1v) is 10.2. The smallest absolute Gasteiger partial charge is 0.191 e. The van der Waals surface area contributed by atoms with E-state index in [1.807, 2.05) is 0 Å². The fraction of sp³-hybridized carbons (Fsp3) is 0.947. The largest absolute Gasteiger partial charge is 0.381 e. The Bertz CT molecular complexity index is 336. The van der Waals surface area contributed by atoms with Gasteiger partial charge in [-0.2, -0.15) is 0 Å². The number of aliphatic imine (C=N–C) groups is 1. The van der Waals surface area contributed by atoms with Gasteiger partial charge in [0, 0.05) is 46.1 Å². The molecule has 1 rings (SSSR count). The second-order valence-corrected chi connectivity index (χ2v) is 6.55. The van der Waals surface area contributed by atoms with Crippen molar-refractivity contribution in [1.29, 1.82) is 0 Å². The molecule has 2 N–H and O–H groups in total. The van der Waals surface area contributed by atoms with Gasteiger partial charge in [-0.3, -0.25) is 4.99 Å². The summed E-state index contributed by atoms with van der Waals surface area (Å²) in [5.74, 6) is 1.61. The van der Waals surface area contributed by atoms with Crippen molar-refractivity contribution in [2.45, 2.75) is 46.5 Å². The zero-order chi connectivity index (χ0) is 18.2. The molecule has 0 atom stereocenters. The average Bonchev–Trinajstić information content (AvgIpc) is 2.65. The molecule has 1 aliphatic heterocycles. The Labute approximate surface area is 177 Å². The van der Waals surface area contributed by atoms with Crippen LogP contribution < -0.4 is 10.6 Å². The predicted octanol–water partition coefficient (Wildman–Crippen LogP) is 2.72. The van der Waals surface area contributed by atoms with Gasteiger partial charge >= 0.3 is 0 Å². The number of hydrogen-bond acceptors (Lipinski definition) is 4. The van der Waals surface area contributed by atoms with Crippen molar-refractivity contribution in [3.05, 3.63) is 0 Å². The third kappa shape index (κ3) is 13.1. The summed E-state index contributed by atoms with van der Waals surface area (Å²) in [4.78, 5) is 7.08. The molecule has 0 aromatic carbocycles. The van der Waals surface area contributed by atoms with Gasteiger partial charge in [0.1, 0.15) is 0 Å². The van der Waals surface area contributed by atoms with Crippen molar-refractivity contribution in [1.82, 2.24) is 15.5 Å². The van der Waals surface area contributed by atoms with Crippen LogP contribution in [0.4, 0.5) is 0 Å². The normalized spacial score (nSPS) is 15.8. The van der Waals surface area contributed by atoms with Crippen LogP contribution in [0.25, 0.3) is 0 Å². The summed E-state index contributed by atoms with van der Waals surface area (Å²) in [6.45, 7) is 16.0. The Balaban J connectivity index is 0.00000625. The van der Waals surface area contributed by atoms with E-state index in [2.05, 4.69) is 41.3 Å². The second-order valence-electron chi connectivity index (χ2n) is 6.55. The first-order chi connectivity index (χ1) is 12.3. The SMILES string of the molecule is CCNC(=NCCCOCC1CCOCC1)NCCCN(CC)CC.I. The Morgan fingerprint density at radius 2 is 1.85 bits per heavy atom. The van der Waals surface area contributed by atoms with Gasteiger partial charge < -0.3 is 25.0 Å². The van der Waals surface area contributed by atoms with E-state index in [4.69, 9.17) is 9.47 Å². The molecular formula is C19H41IN4O2. The van der Waals surface area contributed by atoms with Gasteiger partial charge in [-0.15, -0.1) is 24.0 Å². The molecule has 0 radical (unpaired) electrons. The minimum absolute atomic E-state index is 0. The fourth-order valence-corrected chi connectivity index (χ4v) is 2.91. The lowest BCUT2D eigenvalue weighted by molar-refractivity contribution is 0.0205. The molecule has 0 amide bonds. The second kappa shape index (κ2) is 18.3. The molecule has 0 aromatic rings. The molecule has 0 bridgehead atoms. The number of nitrogens with one attached hydrogen (secondary N) is 2. The van der Waals surface area contributed by atoms with Crippen LogP contribution in [0.3, 0.4) is 0 Å². The predicted molar refractivity (Wildman–Crippen MR) is 121 cm³/mol. The molecular weight excluding hydrogens is 443 g/mol. The molecule has 0 aliphatic carbocycles. The van der Waals surface area contributed by atoms with Crippen molar-refractivity contribution in [3.8, 4) is 0 Å². The first-order valence-electron chi connectivity index (χ1n) is 10.2. The number of ether oxygens (including phenoxy) is 2. The molecule has 156 valence electrons. The van der Waals surface area contributed by atoms with Crippen molar-refractivity contribution < 1.29 is 9.47 Å². The van der Waals surface area contributed by atoms with Crippen LogP contribution in [-0.4, -0.2) is 76.6 Å². The molecule has 1 fully saturated rings. The topological polar surface area (TPSA) is 58.1 Å². The highest BCUT2D eigenvalue weighted by Gasteiger charge is 2.13. The highest BCUT2D eigenvalue weighted by Crippen LogP contribution is 2.14. The van der Waals surface area contributed by atoms with Crippen LogP contribution in [-0.2, 0) is 9.47 Å². The van der Waals surface area contributed by atoms with Gasteiger partial charge in [0.15, 0.2) is 5.96 Å². The van der Waals surface area contributed by atoms with Crippen molar-refractivity contribution in [2.75, 3.05) is 65.7 Å². The Morgan fingerprint density at radius 3 is 2.50 bits per heavy atom. The molecule has 0 aromatic heterocycles. The van der Waals surface area contributed by atoms with E-state index in [1.165, 1.54) is 0 Å². The van der Waals surface area contributed by atoms with Crippen molar-refractivity contribution >= 4 is 29.9 Å². The Hall–Kier alpha value is -0.120. The number of guanidine groups is 1. The summed E-state index contributed by atoms with van der Waals surface area (Å²) < 4.78 is 11.2. The summed E-state index contributed by atoms with van der Waals surface area (Å²) in [6.07, 6.45) is 4.39. The standard InChI is InChI=1S/C19H40N4O2.HI/c1-4-20-19(21-11-7-13-23(5-2)6-3)22-12-8-14-25-17-18-9-15-24-16-10-18;/h18H,4-17H2,1-3H3,(H2,20,21,22);1H. The number of nitrogens with zero attached hydrogens (tertiary/aromatic N) is 2. The molecule has 1 saturated heterocycles. The molecule has 1 aliphatic rings. The van der Waals surface area contributed by atoms with E-state index in [1.54, 1.807) is 0 Å². The zero-order valence-corrected chi connectivity index (χ0v) is 19.4. The minimum Gasteiger partial charge on any atom is -0.381 e. The lowest BCUT2D eigenvalue weighted by atomic mass is 10.0. The van der Waals surface area contributed by atoms with Crippen LogP contribution in [0.1, 0.15) is 46.5 Å². The molecule has 1 heterocycles. The van der Waals surface area contributed by atoms with Gasteiger partial charge in [0.25, 0.3) is 0 Å². The molecule has 0 spiro atoms. The summed E-state index contributed by atoms with van der Waals surface area (Å²) in [5.41, 5.74) is 0. The zero-order valence-electron chi connectivity index (χ0n) is 17.1. The van der Waals surface area contributed by atoms with Crippen LogP contribution in [0.15, 0.2) is 4.99 Å². The maximum absolute atomic E-state index is 5.79. The van der Waals surface area contributed by atoms with Gasteiger partial charge in [-0.05, 0) is 58.2 Å². The Kier molecular flexibility index (Phi) is 18.2. The van der Waals surface area contributed by atoms with E-state index in [9.17, 15) is 0 Å². The van der Waals surface area contributed by atoms with E-state index in [0.29, 0.717) is 5.92 Å². The summed E-state index contributed by atoms with van der Waals surface area (Å²) >= 11 is 0. The molecule has 7 heteroatoms. The Morgan fingerprint density at radius 1 is 1.12 bits per heavy atom. The molecule has 6 nitrogen and oxygen atoms in total. The van der Waals surface area contributed by atoms with Crippen molar-refractivity contribution in [3.63, 3.8) is 0 Å². The summed E-state index contributed by atoms with van der Waals surface area (Å²) in [7, 11) is 0. The van der Waals surface area contributed by atoms with Crippen LogP contribution in [0.5, 0.6) is 0 Å². The van der Waals surface area contributed by atoms with Gasteiger partial charge in [0.05, 0.1) is 0 Å². The highest BCUT2D eigenvalue weighted by atomic mass is 127. The molecule has 0 saturated carbocycles. The fourth-order valence-electron chi connectivity index (χ4n) is 2.91. The maximum atomic E-state index is 5.79. The lowest BCUT2D eigenvalue weighted by Gasteiger charge is -2.21. The first kappa shape index (κ1) is 25.9. The van der Waals surface area contributed by atoms with Crippen LogP contribution >= 0.6 is 24.0 Å². The number of halogens is 1. The van der Waals surface area contributed by atoms with E-state index in [0.717, 1.165) is 97.3 Å². The summed E-state index contributed by atoms with van der Waals surface area (Å²) in [5, 5.41) is 6.74. The van der Waals surface area contributed by atoms with E-state index >= 15 is 0 Å². The highest BCUT2D eigenvalue weighted by molar-refractivity contribution is 14.0. The van der Waals surface area contributed by atoms with Crippen molar-refractivity contribution in [2.24, 2.45) is 10.9 Å². The average molecular weight is 484 g/mol. The molecule has 26 heavy (non-hydrogen) atoms. The quantitative estimate of drug-likeness (QED) is 0.182. The van der Waals surface area contributed by atoms with E-state index < -0.39 is 0 Å². The van der Waals surface area contributed by atoms with Gasteiger partial charge in [-0.25, -0.2) is 0 Å². The third-order valence-electron chi connectivity index (χ3n) is 4.59. The molecule has 0 unspecified atom stereocenters. The maximum Gasteiger partial charge on any atom is 0.191 e. The van der Waals surface area contributed by atoms with Gasteiger partial charge in [0.2, 0.25) is 0 Å². The minimum atomic E-state index is 0. The third-order valence-corrected chi connectivity index (χ3v) is 4.59.